The Bertz CT molecular complexity index is 1010. The number of rotatable bonds is 3. The van der Waals surface area contributed by atoms with E-state index in [-0.39, 0.29) is 11.8 Å². The van der Waals surface area contributed by atoms with Crippen LogP contribution in [0.25, 0.3) is 11.4 Å². The van der Waals surface area contributed by atoms with Crippen LogP contribution in [-0.2, 0) is 11.2 Å². The number of benzene rings is 2. The maximum atomic E-state index is 12.5. The zero-order valence-corrected chi connectivity index (χ0v) is 14.9. The van der Waals surface area contributed by atoms with Crippen molar-refractivity contribution in [3.05, 3.63) is 77.1 Å². The van der Waals surface area contributed by atoms with E-state index in [0.29, 0.717) is 28.5 Å². The van der Waals surface area contributed by atoms with Crippen molar-refractivity contribution in [2.24, 2.45) is 0 Å². The zero-order valence-electron chi connectivity index (χ0n) is 14.1. The van der Waals surface area contributed by atoms with E-state index in [1.807, 2.05) is 24.3 Å². The summed E-state index contributed by atoms with van der Waals surface area (Å²) >= 11 is 5.96. The Morgan fingerprint density at radius 2 is 1.74 bits per heavy atom. The lowest BCUT2D eigenvalue weighted by molar-refractivity contribution is -0.117. The van der Waals surface area contributed by atoms with Crippen molar-refractivity contribution in [3.8, 4) is 11.4 Å². The van der Waals surface area contributed by atoms with Crippen molar-refractivity contribution >= 4 is 29.1 Å². The molecule has 134 valence electrons. The number of amides is 2. The highest BCUT2D eigenvalue weighted by molar-refractivity contribution is 6.31. The molecule has 2 heterocycles. The van der Waals surface area contributed by atoms with Gasteiger partial charge in [-0.25, -0.2) is 9.97 Å². The number of nitrogens with one attached hydrogen (secondary N) is 2. The maximum Gasteiger partial charge on any atom is 0.254 e. The molecular formula is C20H15ClN4O2. The lowest BCUT2D eigenvalue weighted by Gasteiger charge is -2.14. The first-order valence-electron chi connectivity index (χ1n) is 8.38. The van der Waals surface area contributed by atoms with Crippen molar-refractivity contribution < 1.29 is 9.59 Å². The van der Waals surface area contributed by atoms with E-state index < -0.39 is 6.04 Å². The molecule has 0 bridgehead atoms. The lowest BCUT2D eigenvalue weighted by Crippen LogP contribution is -2.42. The molecule has 2 aromatic carbocycles. The standard InChI is InChI=1S/C20H15ClN4O2/c21-14-6-7-16-15(11-14)19(26)25-17(20(27)24-16)10-12-2-4-13(5-3-12)18-22-8-1-9-23-18/h1-9,11,17H,10H2,(H,24,27)(H,25,26). The van der Waals surface area contributed by atoms with Gasteiger partial charge in [-0.15, -0.1) is 0 Å². The van der Waals surface area contributed by atoms with Gasteiger partial charge >= 0.3 is 0 Å². The Morgan fingerprint density at radius 3 is 2.48 bits per heavy atom. The number of anilines is 1. The Morgan fingerprint density at radius 1 is 1.00 bits per heavy atom. The molecule has 27 heavy (non-hydrogen) atoms. The van der Waals surface area contributed by atoms with Gasteiger partial charge in [-0.3, -0.25) is 9.59 Å². The summed E-state index contributed by atoms with van der Waals surface area (Å²) in [5.41, 5.74) is 2.62. The van der Waals surface area contributed by atoms with Crippen LogP contribution in [0.1, 0.15) is 15.9 Å². The first-order valence-corrected chi connectivity index (χ1v) is 8.75. The Hall–Kier alpha value is -3.25. The number of carbonyl (C=O) groups excluding carboxylic acids is 2. The van der Waals surface area contributed by atoms with Crippen LogP contribution in [0, 0.1) is 0 Å². The molecule has 0 fully saturated rings. The van der Waals surface area contributed by atoms with Crippen LogP contribution >= 0.6 is 11.6 Å². The molecule has 0 saturated carbocycles. The molecule has 1 aromatic heterocycles. The summed E-state index contributed by atoms with van der Waals surface area (Å²) in [6.45, 7) is 0. The highest BCUT2D eigenvalue weighted by Gasteiger charge is 2.28. The second kappa shape index (κ2) is 7.17. The number of aromatic nitrogens is 2. The van der Waals surface area contributed by atoms with E-state index in [9.17, 15) is 9.59 Å². The van der Waals surface area contributed by atoms with Gasteiger partial charge in [0.2, 0.25) is 5.91 Å². The van der Waals surface area contributed by atoms with Crippen molar-refractivity contribution in [1.82, 2.24) is 15.3 Å². The molecule has 0 radical (unpaired) electrons. The highest BCUT2D eigenvalue weighted by Crippen LogP contribution is 2.24. The van der Waals surface area contributed by atoms with E-state index in [4.69, 9.17) is 11.6 Å². The Kier molecular flexibility index (Phi) is 4.56. The smallest absolute Gasteiger partial charge is 0.254 e. The highest BCUT2D eigenvalue weighted by atomic mass is 35.5. The third-order valence-corrected chi connectivity index (χ3v) is 4.56. The van der Waals surface area contributed by atoms with Gasteiger partial charge in [-0.1, -0.05) is 35.9 Å². The van der Waals surface area contributed by atoms with Crippen molar-refractivity contribution in [2.45, 2.75) is 12.5 Å². The van der Waals surface area contributed by atoms with Gasteiger partial charge in [0.1, 0.15) is 6.04 Å². The second-order valence-electron chi connectivity index (χ2n) is 6.18. The Balaban J connectivity index is 1.53. The summed E-state index contributed by atoms with van der Waals surface area (Å²) in [5, 5.41) is 6.00. The minimum Gasteiger partial charge on any atom is -0.340 e. The zero-order chi connectivity index (χ0) is 18.8. The minimum absolute atomic E-state index is 0.264. The van der Waals surface area contributed by atoms with E-state index >= 15 is 0 Å². The predicted octanol–water partition coefficient (Wildman–Crippen LogP) is 3.09. The molecule has 0 spiro atoms. The molecule has 1 aliphatic rings. The van der Waals surface area contributed by atoms with Gasteiger partial charge < -0.3 is 10.6 Å². The molecular weight excluding hydrogens is 364 g/mol. The normalized spacial score (nSPS) is 16.1. The third kappa shape index (κ3) is 3.66. The number of carbonyl (C=O) groups is 2. The molecule has 0 aliphatic carbocycles. The van der Waals surface area contributed by atoms with Crippen LogP contribution in [0.15, 0.2) is 60.9 Å². The lowest BCUT2D eigenvalue weighted by atomic mass is 10.0. The van der Waals surface area contributed by atoms with E-state index in [2.05, 4.69) is 20.6 Å². The SMILES string of the molecule is O=C1NC(Cc2ccc(-c3ncccn3)cc2)C(=O)Nc2ccc(Cl)cc21. The minimum atomic E-state index is -0.678. The molecule has 4 rings (SSSR count). The Labute approximate surface area is 160 Å². The van der Waals surface area contributed by atoms with E-state index in [1.54, 1.807) is 36.7 Å². The molecule has 2 amide bonds. The fourth-order valence-electron chi connectivity index (χ4n) is 2.95. The molecule has 0 saturated heterocycles. The van der Waals surface area contributed by atoms with Crippen LogP contribution in [0.4, 0.5) is 5.69 Å². The number of hydrogen-bond donors (Lipinski definition) is 2. The second-order valence-corrected chi connectivity index (χ2v) is 6.62. The van der Waals surface area contributed by atoms with Crippen LogP contribution in [0.2, 0.25) is 5.02 Å². The molecule has 3 aromatic rings. The van der Waals surface area contributed by atoms with Gasteiger partial charge in [0.15, 0.2) is 5.82 Å². The van der Waals surface area contributed by atoms with Gasteiger partial charge in [0, 0.05) is 29.4 Å². The third-order valence-electron chi connectivity index (χ3n) is 4.32. The molecule has 1 unspecified atom stereocenters. The van der Waals surface area contributed by atoms with Gasteiger partial charge in [-0.05, 0) is 29.8 Å². The molecule has 2 N–H and O–H groups in total. The van der Waals surface area contributed by atoms with E-state index in [0.717, 1.165) is 11.1 Å². The number of fused-ring (bicyclic) bond motifs is 1. The van der Waals surface area contributed by atoms with Gasteiger partial charge in [-0.2, -0.15) is 0 Å². The maximum absolute atomic E-state index is 12.5. The van der Waals surface area contributed by atoms with Crippen molar-refractivity contribution in [3.63, 3.8) is 0 Å². The summed E-state index contributed by atoms with van der Waals surface area (Å²) < 4.78 is 0. The quantitative estimate of drug-likeness (QED) is 0.733. The van der Waals surface area contributed by atoms with Crippen LogP contribution in [0.5, 0.6) is 0 Å². The molecule has 7 heteroatoms. The van der Waals surface area contributed by atoms with Gasteiger partial charge in [0.05, 0.1) is 11.3 Å². The van der Waals surface area contributed by atoms with Gasteiger partial charge in [0.25, 0.3) is 5.91 Å². The monoisotopic (exact) mass is 378 g/mol. The van der Waals surface area contributed by atoms with Crippen molar-refractivity contribution in [2.75, 3.05) is 5.32 Å². The molecule has 1 atom stereocenters. The fraction of sp³-hybridized carbons (Fsp3) is 0.100. The summed E-state index contributed by atoms with van der Waals surface area (Å²) in [6, 6.07) is 13.5. The van der Waals surface area contributed by atoms with Crippen LogP contribution in [0.3, 0.4) is 0 Å². The molecule has 6 nitrogen and oxygen atoms in total. The number of hydrogen-bond acceptors (Lipinski definition) is 4. The number of halogens is 1. The number of nitrogens with zero attached hydrogens (tertiary/aromatic N) is 2. The molecule has 1 aliphatic heterocycles. The van der Waals surface area contributed by atoms with E-state index in [1.165, 1.54) is 0 Å². The van der Waals surface area contributed by atoms with Crippen LogP contribution < -0.4 is 10.6 Å². The summed E-state index contributed by atoms with van der Waals surface area (Å²) in [4.78, 5) is 33.4. The average molecular weight is 379 g/mol. The average Bonchev–Trinajstić information content (AvgIpc) is 2.80. The van der Waals surface area contributed by atoms with Crippen molar-refractivity contribution in [1.29, 1.82) is 0 Å². The fourth-order valence-corrected chi connectivity index (χ4v) is 3.12. The summed E-state index contributed by atoms with van der Waals surface area (Å²) in [7, 11) is 0. The van der Waals surface area contributed by atoms with Crippen LogP contribution in [-0.4, -0.2) is 27.8 Å². The largest absolute Gasteiger partial charge is 0.340 e. The first-order chi connectivity index (χ1) is 13.1. The topological polar surface area (TPSA) is 84.0 Å². The summed E-state index contributed by atoms with van der Waals surface area (Å²) in [6.07, 6.45) is 3.74. The first kappa shape index (κ1) is 17.2. The summed E-state index contributed by atoms with van der Waals surface area (Å²) in [5.74, 6) is 0.0435. The predicted molar refractivity (Wildman–Crippen MR) is 103 cm³/mol.